The first-order valence-corrected chi connectivity index (χ1v) is 6.68. The molecule has 122 valence electrons. The molecule has 0 spiro atoms. The van der Waals surface area contributed by atoms with Crippen LogP contribution in [0.2, 0.25) is 0 Å². The molecule has 0 amide bonds. The number of carbonyl (C=O) groups is 1. The van der Waals surface area contributed by atoms with E-state index < -0.39 is 36.8 Å². The quantitative estimate of drug-likeness (QED) is 0.354. The molecule has 0 radical (unpaired) electrons. The topological polar surface area (TPSA) is 138 Å². The number of aliphatic hydroxyl groups excluding tert-OH is 5. The smallest absolute Gasteiger partial charge is 0.167 e. The van der Waals surface area contributed by atoms with Gasteiger partial charge >= 0.3 is 0 Å². The number of phenolic OH excluding ortho intramolecular Hbond substituents is 1. The number of phenols is 1. The Labute approximate surface area is 127 Å². The normalized spacial score (nSPS) is 17.1. The van der Waals surface area contributed by atoms with Crippen LogP contribution in [-0.4, -0.2) is 67.4 Å². The van der Waals surface area contributed by atoms with Crippen LogP contribution in [0.15, 0.2) is 30.3 Å². The van der Waals surface area contributed by atoms with Gasteiger partial charge in [0.05, 0.1) is 6.61 Å². The van der Waals surface area contributed by atoms with Crippen molar-refractivity contribution in [2.75, 3.05) is 6.61 Å². The average Bonchev–Trinajstić information content (AvgIpc) is 2.53. The van der Waals surface area contributed by atoms with Crippen molar-refractivity contribution in [1.82, 2.24) is 0 Å². The molecule has 1 rings (SSSR count). The van der Waals surface area contributed by atoms with E-state index in [9.17, 15) is 20.1 Å². The molecule has 0 bridgehead atoms. The Hall–Kier alpha value is -1.77. The van der Waals surface area contributed by atoms with Crippen molar-refractivity contribution < 1.29 is 35.4 Å². The van der Waals surface area contributed by atoms with E-state index in [-0.39, 0.29) is 12.2 Å². The van der Waals surface area contributed by atoms with E-state index in [0.717, 1.165) is 5.56 Å². The Balaban J connectivity index is 2.55. The lowest BCUT2D eigenvalue weighted by atomic mass is 9.99. The molecule has 7 heteroatoms. The van der Waals surface area contributed by atoms with Crippen molar-refractivity contribution in [3.05, 3.63) is 35.9 Å². The van der Waals surface area contributed by atoms with Crippen molar-refractivity contribution in [3.8, 4) is 5.75 Å². The van der Waals surface area contributed by atoms with Crippen LogP contribution in [0.3, 0.4) is 0 Å². The van der Waals surface area contributed by atoms with Gasteiger partial charge in [-0.15, -0.1) is 0 Å². The number of benzene rings is 1. The number of aromatic hydroxyl groups is 1. The molecule has 0 fully saturated rings. The summed E-state index contributed by atoms with van der Waals surface area (Å²) in [5, 5.41) is 55.5. The Morgan fingerprint density at radius 2 is 1.64 bits per heavy atom. The zero-order valence-electron chi connectivity index (χ0n) is 11.8. The molecule has 0 aliphatic carbocycles. The van der Waals surface area contributed by atoms with Gasteiger partial charge in [-0.25, -0.2) is 0 Å². The predicted octanol–water partition coefficient (Wildman–Crippen LogP) is -1.20. The van der Waals surface area contributed by atoms with E-state index in [1.165, 1.54) is 18.2 Å². The highest BCUT2D eigenvalue weighted by atomic mass is 16.4. The van der Waals surface area contributed by atoms with E-state index in [2.05, 4.69) is 0 Å². The zero-order chi connectivity index (χ0) is 16.7. The standard InChI is InChI=1S/C15H20O7/c16-8-12(19)14(21)15(22)13(20)11(18)3-1-2-9-4-6-10(17)7-5-9/h1-2,4-7,12-17,19-22H,3,8H2/b2-1+/t12-,13+,14-,15-/m1/s1. The zero-order valence-corrected chi connectivity index (χ0v) is 11.8. The van der Waals surface area contributed by atoms with Gasteiger partial charge in [0, 0.05) is 6.42 Å². The molecule has 0 saturated carbocycles. The average molecular weight is 312 g/mol. The molecule has 0 saturated heterocycles. The van der Waals surface area contributed by atoms with Crippen LogP contribution in [0.5, 0.6) is 5.75 Å². The van der Waals surface area contributed by atoms with Crippen LogP contribution >= 0.6 is 0 Å². The highest BCUT2D eigenvalue weighted by Crippen LogP contribution is 2.12. The van der Waals surface area contributed by atoms with Gasteiger partial charge in [0.25, 0.3) is 0 Å². The summed E-state index contributed by atoms with van der Waals surface area (Å²) in [6.07, 6.45) is -4.39. The number of rotatable bonds is 8. The van der Waals surface area contributed by atoms with Crippen LogP contribution in [0.25, 0.3) is 6.08 Å². The fraction of sp³-hybridized carbons (Fsp3) is 0.400. The highest BCUT2D eigenvalue weighted by molar-refractivity contribution is 5.85. The van der Waals surface area contributed by atoms with E-state index in [0.29, 0.717) is 0 Å². The van der Waals surface area contributed by atoms with Crippen LogP contribution < -0.4 is 0 Å². The Morgan fingerprint density at radius 1 is 1.05 bits per heavy atom. The molecule has 0 heterocycles. The van der Waals surface area contributed by atoms with Gasteiger partial charge in [0.2, 0.25) is 0 Å². The monoisotopic (exact) mass is 312 g/mol. The lowest BCUT2D eigenvalue weighted by molar-refractivity contribution is -0.146. The largest absolute Gasteiger partial charge is 0.508 e. The Morgan fingerprint density at radius 3 is 2.18 bits per heavy atom. The van der Waals surface area contributed by atoms with Gasteiger partial charge in [0.1, 0.15) is 30.2 Å². The minimum atomic E-state index is -1.89. The van der Waals surface area contributed by atoms with Crippen LogP contribution in [0.1, 0.15) is 12.0 Å². The summed E-state index contributed by atoms with van der Waals surface area (Å²) in [4.78, 5) is 11.7. The number of Topliss-reactive ketones (excluding diaryl/α,β-unsaturated/α-hetero) is 1. The maximum absolute atomic E-state index is 11.7. The molecular weight excluding hydrogens is 292 g/mol. The van der Waals surface area contributed by atoms with Crippen molar-refractivity contribution >= 4 is 11.9 Å². The summed E-state index contributed by atoms with van der Waals surface area (Å²) >= 11 is 0. The number of carbonyl (C=O) groups excluding carboxylic acids is 1. The second kappa shape index (κ2) is 8.62. The molecule has 6 N–H and O–H groups in total. The van der Waals surface area contributed by atoms with Gasteiger partial charge < -0.3 is 30.6 Å². The summed E-state index contributed by atoms with van der Waals surface area (Å²) in [7, 11) is 0. The molecule has 0 unspecified atom stereocenters. The summed E-state index contributed by atoms with van der Waals surface area (Å²) in [6, 6.07) is 6.21. The van der Waals surface area contributed by atoms with Crippen molar-refractivity contribution in [3.63, 3.8) is 0 Å². The fourth-order valence-corrected chi connectivity index (χ4v) is 1.73. The number of hydrogen-bond donors (Lipinski definition) is 6. The van der Waals surface area contributed by atoms with Gasteiger partial charge in [-0.2, -0.15) is 0 Å². The number of aliphatic hydroxyl groups is 5. The third kappa shape index (κ3) is 5.21. The van der Waals surface area contributed by atoms with E-state index >= 15 is 0 Å². The number of ketones is 1. The lowest BCUT2D eigenvalue weighted by Gasteiger charge is -2.24. The first kappa shape index (κ1) is 18.3. The summed E-state index contributed by atoms with van der Waals surface area (Å²) in [6.45, 7) is -0.806. The first-order chi connectivity index (χ1) is 10.4. The number of allylic oxidation sites excluding steroid dienone is 1. The second-order valence-electron chi connectivity index (χ2n) is 4.84. The maximum Gasteiger partial charge on any atom is 0.167 e. The van der Waals surface area contributed by atoms with E-state index in [4.69, 9.17) is 15.3 Å². The summed E-state index contributed by atoms with van der Waals surface area (Å²) in [5.74, 6) is -0.630. The lowest BCUT2D eigenvalue weighted by Crippen LogP contribution is -2.48. The predicted molar refractivity (Wildman–Crippen MR) is 77.9 cm³/mol. The van der Waals surface area contributed by atoms with Gasteiger partial charge in [-0.1, -0.05) is 24.3 Å². The van der Waals surface area contributed by atoms with E-state index in [1.807, 2.05) is 0 Å². The number of hydrogen-bond acceptors (Lipinski definition) is 7. The summed E-state index contributed by atoms with van der Waals surface area (Å²) < 4.78 is 0. The minimum Gasteiger partial charge on any atom is -0.508 e. The van der Waals surface area contributed by atoms with Crippen LogP contribution in [0, 0.1) is 0 Å². The maximum atomic E-state index is 11.7. The third-order valence-corrected chi connectivity index (χ3v) is 3.11. The minimum absolute atomic E-state index is 0.114. The Bertz CT molecular complexity index is 497. The molecule has 7 nitrogen and oxygen atoms in total. The van der Waals surface area contributed by atoms with Crippen LogP contribution in [0.4, 0.5) is 0 Å². The highest BCUT2D eigenvalue weighted by Gasteiger charge is 2.33. The molecule has 1 aromatic carbocycles. The molecule has 0 aliphatic rings. The molecule has 1 aromatic rings. The van der Waals surface area contributed by atoms with Crippen molar-refractivity contribution in [2.45, 2.75) is 30.8 Å². The molecular formula is C15H20O7. The second-order valence-corrected chi connectivity index (χ2v) is 4.84. The van der Waals surface area contributed by atoms with Crippen molar-refractivity contribution in [1.29, 1.82) is 0 Å². The third-order valence-electron chi connectivity index (χ3n) is 3.11. The Kier molecular flexibility index (Phi) is 7.16. The van der Waals surface area contributed by atoms with Gasteiger partial charge in [-0.3, -0.25) is 4.79 Å². The fourth-order valence-electron chi connectivity index (χ4n) is 1.73. The van der Waals surface area contributed by atoms with Crippen molar-refractivity contribution in [2.24, 2.45) is 0 Å². The molecule has 22 heavy (non-hydrogen) atoms. The van der Waals surface area contributed by atoms with Gasteiger partial charge in [-0.05, 0) is 17.7 Å². The first-order valence-electron chi connectivity index (χ1n) is 6.68. The molecule has 4 atom stereocenters. The van der Waals surface area contributed by atoms with Gasteiger partial charge in [0.15, 0.2) is 5.78 Å². The molecule has 0 aliphatic heterocycles. The van der Waals surface area contributed by atoms with E-state index in [1.54, 1.807) is 18.2 Å². The van der Waals surface area contributed by atoms with Crippen LogP contribution in [-0.2, 0) is 4.79 Å². The summed E-state index contributed by atoms with van der Waals surface area (Å²) in [5.41, 5.74) is 0.733. The molecule has 0 aromatic heterocycles. The SMILES string of the molecule is O=C(C/C=C/c1ccc(O)cc1)[C@H](O)[C@@H](O)[C@H](O)[C@H](O)CO.